The summed E-state index contributed by atoms with van der Waals surface area (Å²) in [6.07, 6.45) is 7.85. The maximum Gasteiger partial charge on any atom is 0.302 e. The van der Waals surface area contributed by atoms with E-state index < -0.39 is 18.2 Å². The highest BCUT2D eigenvalue weighted by molar-refractivity contribution is 5.72. The molecule has 3 rings (SSSR count). The third kappa shape index (κ3) is 9.13. The van der Waals surface area contributed by atoms with Crippen molar-refractivity contribution in [1.29, 1.82) is 0 Å². The molecule has 0 spiro atoms. The van der Waals surface area contributed by atoms with E-state index in [9.17, 15) is 19.8 Å². The standard InChI is InChI=1S/C30H42N2O7/c1-19(34)38-25(16-28(39-20(2)35)24-8-6-4-5-7-21(13-24)18-33)10-9-22-14-29(37-3)27(36)17-26(22)23-11-12-32-30(31)15-23/h11-12,14-15,17,21,24-25,28,33,36H,4-10,13,16,18H2,1-3H3,(H2,31,32)/t21-,24+,25-,28-/m1/s1. The molecule has 4 N–H and O–H groups in total. The summed E-state index contributed by atoms with van der Waals surface area (Å²) in [7, 11) is 1.49. The average Bonchev–Trinajstić information content (AvgIpc) is 2.86. The van der Waals surface area contributed by atoms with Crippen molar-refractivity contribution in [2.45, 2.75) is 83.8 Å². The Balaban J connectivity index is 1.86. The van der Waals surface area contributed by atoms with Gasteiger partial charge in [0.2, 0.25) is 0 Å². The van der Waals surface area contributed by atoms with Gasteiger partial charge in [-0.3, -0.25) is 9.59 Å². The second-order valence-electron chi connectivity index (χ2n) is 10.5. The second-order valence-corrected chi connectivity index (χ2v) is 10.5. The smallest absolute Gasteiger partial charge is 0.302 e. The van der Waals surface area contributed by atoms with Crippen molar-refractivity contribution >= 4 is 17.8 Å². The lowest BCUT2D eigenvalue weighted by Gasteiger charge is -2.33. The first-order valence-electron chi connectivity index (χ1n) is 13.8. The molecule has 9 nitrogen and oxygen atoms in total. The van der Waals surface area contributed by atoms with Crippen molar-refractivity contribution in [3.05, 3.63) is 36.0 Å². The Labute approximate surface area is 230 Å². The number of rotatable bonds is 11. The maximum absolute atomic E-state index is 12.1. The number of aromatic nitrogens is 1. The first kappa shape index (κ1) is 30.2. The molecular weight excluding hydrogens is 500 g/mol. The quantitative estimate of drug-likeness (QED) is 0.341. The van der Waals surface area contributed by atoms with Gasteiger partial charge in [-0.2, -0.15) is 0 Å². The predicted molar refractivity (Wildman–Crippen MR) is 148 cm³/mol. The van der Waals surface area contributed by atoms with Crippen molar-refractivity contribution in [1.82, 2.24) is 4.98 Å². The number of nitrogens with two attached hydrogens (primary N) is 1. The minimum Gasteiger partial charge on any atom is -0.504 e. The molecule has 4 atom stereocenters. The number of nitrogens with zero attached hydrogens (tertiary/aromatic N) is 1. The summed E-state index contributed by atoms with van der Waals surface area (Å²) >= 11 is 0. The molecule has 0 amide bonds. The Morgan fingerprint density at radius 3 is 2.51 bits per heavy atom. The number of carbonyl (C=O) groups excluding carboxylic acids is 2. The molecule has 0 aliphatic heterocycles. The fraction of sp³-hybridized carbons (Fsp3) is 0.567. The number of aliphatic hydroxyl groups is 1. The number of nitrogen functional groups attached to an aromatic ring is 1. The van der Waals surface area contributed by atoms with Crippen LogP contribution in [0.1, 0.15) is 70.8 Å². The van der Waals surface area contributed by atoms with E-state index in [1.807, 2.05) is 6.07 Å². The monoisotopic (exact) mass is 542 g/mol. The van der Waals surface area contributed by atoms with Crippen molar-refractivity contribution in [2.75, 3.05) is 19.5 Å². The molecule has 1 aromatic carbocycles. The number of pyridine rings is 1. The summed E-state index contributed by atoms with van der Waals surface area (Å²) in [4.78, 5) is 28.2. The lowest BCUT2D eigenvalue weighted by atomic mass is 9.80. The third-order valence-electron chi connectivity index (χ3n) is 7.48. The van der Waals surface area contributed by atoms with E-state index in [4.69, 9.17) is 19.9 Å². The zero-order valence-electron chi connectivity index (χ0n) is 23.2. The van der Waals surface area contributed by atoms with Crippen LogP contribution in [-0.4, -0.2) is 53.1 Å². The van der Waals surface area contributed by atoms with Gasteiger partial charge in [-0.05, 0) is 84.9 Å². The summed E-state index contributed by atoms with van der Waals surface area (Å²) in [5, 5.41) is 20.3. The number of aromatic hydroxyl groups is 1. The SMILES string of the molecule is COc1cc(CC[C@H](C[C@@H](OC(C)=O)[C@H]2CCCCC[C@@H](CO)C2)OC(C)=O)c(-c2ccnc(N)c2)cc1O. The van der Waals surface area contributed by atoms with Crippen molar-refractivity contribution in [3.8, 4) is 22.6 Å². The molecule has 2 aromatic rings. The van der Waals surface area contributed by atoms with E-state index in [-0.39, 0.29) is 30.2 Å². The zero-order valence-corrected chi connectivity index (χ0v) is 23.2. The number of benzene rings is 1. The first-order chi connectivity index (χ1) is 18.7. The topological polar surface area (TPSA) is 141 Å². The van der Waals surface area contributed by atoms with Crippen molar-refractivity contribution in [3.63, 3.8) is 0 Å². The number of phenolic OH excluding ortho intramolecular Hbond substituents is 1. The van der Waals surface area contributed by atoms with E-state index in [0.717, 1.165) is 55.2 Å². The predicted octanol–water partition coefficient (Wildman–Crippen LogP) is 4.81. The number of ether oxygens (including phenoxy) is 3. The Bertz CT molecular complexity index is 1110. The van der Waals surface area contributed by atoms with E-state index in [1.165, 1.54) is 21.0 Å². The fourth-order valence-corrected chi connectivity index (χ4v) is 5.63. The minimum absolute atomic E-state index is 0.000751. The lowest BCUT2D eigenvalue weighted by molar-refractivity contribution is -0.156. The van der Waals surface area contributed by atoms with Gasteiger partial charge in [-0.1, -0.05) is 19.3 Å². The van der Waals surface area contributed by atoms with Gasteiger partial charge in [-0.15, -0.1) is 0 Å². The van der Waals surface area contributed by atoms with Gasteiger partial charge < -0.3 is 30.2 Å². The normalized spacial score (nSPS) is 19.3. The number of esters is 2. The molecule has 1 aromatic heterocycles. The third-order valence-corrected chi connectivity index (χ3v) is 7.48. The van der Waals surface area contributed by atoms with Crippen LogP contribution in [0.2, 0.25) is 0 Å². The van der Waals surface area contributed by atoms with E-state index >= 15 is 0 Å². The van der Waals surface area contributed by atoms with E-state index in [1.54, 1.807) is 24.4 Å². The highest BCUT2D eigenvalue weighted by atomic mass is 16.6. The zero-order chi connectivity index (χ0) is 28.4. The highest BCUT2D eigenvalue weighted by Crippen LogP contribution is 2.37. The molecule has 0 bridgehead atoms. The van der Waals surface area contributed by atoms with Crippen LogP contribution in [-0.2, 0) is 25.5 Å². The maximum atomic E-state index is 12.1. The number of carbonyl (C=O) groups is 2. The Hall–Kier alpha value is -3.33. The number of anilines is 1. The molecule has 0 radical (unpaired) electrons. The number of methoxy groups -OCH3 is 1. The highest BCUT2D eigenvalue weighted by Gasteiger charge is 2.31. The van der Waals surface area contributed by atoms with Crippen LogP contribution in [0, 0.1) is 11.8 Å². The Morgan fingerprint density at radius 2 is 1.85 bits per heavy atom. The summed E-state index contributed by atoms with van der Waals surface area (Å²) in [5.74, 6) is 0.163. The molecule has 1 aliphatic carbocycles. The summed E-state index contributed by atoms with van der Waals surface area (Å²) < 4.78 is 16.9. The number of hydrogen-bond donors (Lipinski definition) is 3. The fourth-order valence-electron chi connectivity index (χ4n) is 5.63. The van der Waals surface area contributed by atoms with Crippen LogP contribution in [0.3, 0.4) is 0 Å². The number of aryl methyl sites for hydroxylation is 1. The largest absolute Gasteiger partial charge is 0.504 e. The Morgan fingerprint density at radius 1 is 1.10 bits per heavy atom. The minimum atomic E-state index is -0.500. The summed E-state index contributed by atoms with van der Waals surface area (Å²) in [5.41, 5.74) is 8.35. The van der Waals surface area contributed by atoms with E-state index in [2.05, 4.69) is 4.98 Å². The van der Waals surface area contributed by atoms with Crippen LogP contribution < -0.4 is 10.5 Å². The van der Waals surface area contributed by atoms with Crippen LogP contribution in [0.25, 0.3) is 11.1 Å². The first-order valence-corrected chi connectivity index (χ1v) is 13.8. The van der Waals surface area contributed by atoms with Gasteiger partial charge in [0.15, 0.2) is 11.5 Å². The molecule has 214 valence electrons. The lowest BCUT2D eigenvalue weighted by Crippen LogP contribution is -2.34. The van der Waals surface area contributed by atoms with Crippen LogP contribution in [0.15, 0.2) is 30.5 Å². The van der Waals surface area contributed by atoms with Crippen LogP contribution >= 0.6 is 0 Å². The van der Waals surface area contributed by atoms with Gasteiger partial charge in [-0.25, -0.2) is 4.98 Å². The Kier molecular flexibility index (Phi) is 11.4. The van der Waals surface area contributed by atoms with Gasteiger partial charge in [0.25, 0.3) is 0 Å². The summed E-state index contributed by atoms with van der Waals surface area (Å²) in [6.45, 7) is 2.89. The molecule has 0 unspecified atom stereocenters. The van der Waals surface area contributed by atoms with Crippen molar-refractivity contribution in [2.24, 2.45) is 11.8 Å². The van der Waals surface area contributed by atoms with Crippen LogP contribution in [0.5, 0.6) is 11.5 Å². The number of phenols is 1. The van der Waals surface area contributed by atoms with Gasteiger partial charge in [0, 0.05) is 33.1 Å². The second kappa shape index (κ2) is 14.7. The van der Waals surface area contributed by atoms with Gasteiger partial charge >= 0.3 is 11.9 Å². The molecule has 1 heterocycles. The molecule has 1 fully saturated rings. The summed E-state index contributed by atoms with van der Waals surface area (Å²) in [6, 6.07) is 6.95. The number of aliphatic hydroxyl groups excluding tert-OH is 1. The molecule has 9 heteroatoms. The van der Waals surface area contributed by atoms with Crippen LogP contribution in [0.4, 0.5) is 5.82 Å². The van der Waals surface area contributed by atoms with Crippen molar-refractivity contribution < 1.29 is 34.0 Å². The van der Waals surface area contributed by atoms with E-state index in [0.29, 0.717) is 30.8 Å². The molecule has 1 aliphatic rings. The molecule has 1 saturated carbocycles. The molecule has 39 heavy (non-hydrogen) atoms. The number of hydrogen-bond acceptors (Lipinski definition) is 9. The van der Waals surface area contributed by atoms with Gasteiger partial charge in [0.1, 0.15) is 18.0 Å². The van der Waals surface area contributed by atoms with Gasteiger partial charge in [0.05, 0.1) is 7.11 Å². The molecular formula is C30H42N2O7. The molecule has 0 saturated heterocycles. The average molecular weight is 543 g/mol.